The van der Waals surface area contributed by atoms with E-state index >= 15 is 0 Å². The maximum atomic E-state index is 13.0. The molecule has 34 heavy (non-hydrogen) atoms. The maximum absolute atomic E-state index is 13.0. The Morgan fingerprint density at radius 2 is 1.71 bits per heavy atom. The average Bonchev–Trinajstić information content (AvgIpc) is 3.31. The molecule has 9 heteroatoms. The van der Waals surface area contributed by atoms with E-state index in [1.807, 2.05) is 0 Å². The summed E-state index contributed by atoms with van der Waals surface area (Å²) in [5.74, 6) is -0.760. The van der Waals surface area contributed by atoms with Crippen molar-refractivity contribution in [3.63, 3.8) is 0 Å². The lowest BCUT2D eigenvalue weighted by atomic mass is 10.1. The van der Waals surface area contributed by atoms with E-state index in [-0.39, 0.29) is 23.6 Å². The Hall–Kier alpha value is -4.66. The molecule has 0 aliphatic carbocycles. The van der Waals surface area contributed by atoms with E-state index in [1.165, 1.54) is 25.3 Å². The molecule has 1 saturated heterocycles. The van der Waals surface area contributed by atoms with Gasteiger partial charge in [0.05, 0.1) is 25.0 Å². The molecule has 1 aliphatic heterocycles. The lowest BCUT2D eigenvalue weighted by Gasteiger charge is -2.26. The van der Waals surface area contributed by atoms with Gasteiger partial charge in [0.25, 0.3) is 11.8 Å². The molecular weight excluding hydrogens is 440 g/mol. The summed E-state index contributed by atoms with van der Waals surface area (Å²) in [6, 6.07) is 15.3. The minimum atomic E-state index is -0.848. The number of hydrogen-bond acceptors (Lipinski definition) is 7. The van der Waals surface area contributed by atoms with Crippen molar-refractivity contribution < 1.29 is 33.1 Å². The van der Waals surface area contributed by atoms with Gasteiger partial charge >= 0.3 is 12.0 Å². The summed E-state index contributed by atoms with van der Waals surface area (Å²) in [7, 11) is 1.50. The number of nitrogens with zero attached hydrogens (tertiary/aromatic N) is 1. The third-order valence-corrected chi connectivity index (χ3v) is 5.03. The summed E-state index contributed by atoms with van der Waals surface area (Å²) in [6.45, 7) is 2.01. The van der Waals surface area contributed by atoms with Crippen molar-refractivity contribution in [3.05, 3.63) is 77.6 Å². The van der Waals surface area contributed by atoms with Crippen LogP contribution < -0.4 is 15.0 Å². The molecule has 9 nitrogen and oxygen atoms in total. The van der Waals surface area contributed by atoms with Crippen LogP contribution in [0, 0.1) is 0 Å². The Balaban J connectivity index is 1.58. The lowest BCUT2D eigenvalue weighted by Crippen LogP contribution is -2.54. The fourth-order valence-electron chi connectivity index (χ4n) is 3.34. The SMILES string of the molecule is CCOC(=O)c1ccc(-c2ccc(C=C3C(=O)NC(=O)N(c4ccc(OC)cc4)C3=O)o2)cc1. The summed E-state index contributed by atoms with van der Waals surface area (Å²) < 4.78 is 15.8. The van der Waals surface area contributed by atoms with Crippen molar-refractivity contribution in [2.24, 2.45) is 0 Å². The van der Waals surface area contributed by atoms with Gasteiger partial charge in [-0.25, -0.2) is 14.5 Å². The Bertz CT molecular complexity index is 1290. The zero-order valence-electron chi connectivity index (χ0n) is 18.4. The monoisotopic (exact) mass is 460 g/mol. The largest absolute Gasteiger partial charge is 0.497 e. The zero-order valence-corrected chi connectivity index (χ0v) is 18.4. The first-order valence-electron chi connectivity index (χ1n) is 10.3. The molecule has 0 spiro atoms. The molecule has 4 rings (SSSR count). The first kappa shape index (κ1) is 22.5. The third-order valence-electron chi connectivity index (χ3n) is 5.03. The topological polar surface area (TPSA) is 115 Å². The number of esters is 1. The van der Waals surface area contributed by atoms with E-state index in [0.717, 1.165) is 4.90 Å². The van der Waals surface area contributed by atoms with E-state index in [0.29, 0.717) is 22.6 Å². The Morgan fingerprint density at radius 1 is 1.00 bits per heavy atom. The molecule has 4 amide bonds. The number of hydrogen-bond donors (Lipinski definition) is 1. The molecule has 2 heterocycles. The molecule has 3 aromatic rings. The molecule has 1 aliphatic rings. The van der Waals surface area contributed by atoms with Gasteiger partial charge in [-0.05, 0) is 61.5 Å². The Morgan fingerprint density at radius 3 is 2.35 bits per heavy atom. The van der Waals surface area contributed by atoms with Gasteiger partial charge in [0, 0.05) is 5.56 Å². The van der Waals surface area contributed by atoms with Crippen molar-refractivity contribution in [1.29, 1.82) is 0 Å². The molecule has 0 atom stereocenters. The van der Waals surface area contributed by atoms with Gasteiger partial charge in [-0.1, -0.05) is 12.1 Å². The Labute approximate surface area is 194 Å². The molecule has 1 fully saturated rings. The lowest BCUT2D eigenvalue weighted by molar-refractivity contribution is -0.122. The number of methoxy groups -OCH3 is 1. The minimum absolute atomic E-state index is 0.243. The highest BCUT2D eigenvalue weighted by atomic mass is 16.5. The van der Waals surface area contributed by atoms with Crippen molar-refractivity contribution in [1.82, 2.24) is 5.32 Å². The van der Waals surface area contributed by atoms with E-state index in [4.69, 9.17) is 13.9 Å². The van der Waals surface area contributed by atoms with Crippen LogP contribution in [0.4, 0.5) is 10.5 Å². The predicted molar refractivity (Wildman–Crippen MR) is 122 cm³/mol. The molecular formula is C25H20N2O7. The highest BCUT2D eigenvalue weighted by molar-refractivity contribution is 6.39. The average molecular weight is 460 g/mol. The second kappa shape index (κ2) is 9.45. The number of urea groups is 1. The number of rotatable bonds is 6. The second-order valence-corrected chi connectivity index (χ2v) is 7.16. The van der Waals surface area contributed by atoms with Crippen molar-refractivity contribution in [3.8, 4) is 17.1 Å². The zero-order chi connectivity index (χ0) is 24.2. The summed E-state index contributed by atoms with van der Waals surface area (Å²) >= 11 is 0. The highest BCUT2D eigenvalue weighted by Gasteiger charge is 2.37. The number of furan rings is 1. The van der Waals surface area contributed by atoms with Crippen molar-refractivity contribution in [2.45, 2.75) is 6.92 Å². The number of benzene rings is 2. The molecule has 0 unspecified atom stereocenters. The molecule has 2 aromatic carbocycles. The third kappa shape index (κ3) is 4.44. The van der Waals surface area contributed by atoms with Crippen molar-refractivity contribution in [2.75, 3.05) is 18.6 Å². The fourth-order valence-corrected chi connectivity index (χ4v) is 3.34. The van der Waals surface area contributed by atoms with E-state index < -0.39 is 23.8 Å². The normalized spacial score (nSPS) is 14.8. The van der Waals surface area contributed by atoms with Crippen LogP contribution in [0.15, 0.2) is 70.7 Å². The van der Waals surface area contributed by atoms with Crippen LogP contribution in [0.1, 0.15) is 23.0 Å². The van der Waals surface area contributed by atoms with E-state index in [2.05, 4.69) is 5.32 Å². The van der Waals surface area contributed by atoms with Crippen LogP contribution in [-0.4, -0.2) is 37.5 Å². The van der Waals surface area contributed by atoms with Crippen LogP contribution in [0.5, 0.6) is 5.75 Å². The quantitative estimate of drug-likeness (QED) is 0.338. The van der Waals surface area contributed by atoms with Crippen LogP contribution in [-0.2, 0) is 14.3 Å². The summed E-state index contributed by atoms with van der Waals surface area (Å²) in [4.78, 5) is 50.4. The minimum Gasteiger partial charge on any atom is -0.497 e. The fraction of sp³-hybridized carbons (Fsp3) is 0.120. The van der Waals surface area contributed by atoms with Crippen LogP contribution in [0.3, 0.4) is 0 Å². The number of carbonyl (C=O) groups is 4. The van der Waals surface area contributed by atoms with Gasteiger partial charge in [0.15, 0.2) is 0 Å². The van der Waals surface area contributed by atoms with Gasteiger partial charge in [0.1, 0.15) is 22.8 Å². The van der Waals surface area contributed by atoms with Gasteiger partial charge in [-0.15, -0.1) is 0 Å². The number of imide groups is 2. The number of amides is 4. The first-order valence-corrected chi connectivity index (χ1v) is 10.3. The molecule has 172 valence electrons. The maximum Gasteiger partial charge on any atom is 0.338 e. The first-order chi connectivity index (χ1) is 16.4. The van der Waals surface area contributed by atoms with Crippen LogP contribution in [0.25, 0.3) is 17.4 Å². The van der Waals surface area contributed by atoms with Crippen LogP contribution in [0.2, 0.25) is 0 Å². The smallest absolute Gasteiger partial charge is 0.338 e. The predicted octanol–water partition coefficient (Wildman–Crippen LogP) is 3.80. The molecule has 0 bridgehead atoms. The number of ether oxygens (including phenoxy) is 2. The van der Waals surface area contributed by atoms with Gasteiger partial charge in [-0.3, -0.25) is 14.9 Å². The van der Waals surface area contributed by atoms with Gasteiger partial charge in [-0.2, -0.15) is 0 Å². The molecule has 0 radical (unpaired) electrons. The standard InChI is InChI=1S/C25H20N2O7/c1-3-33-24(30)16-6-4-15(5-7-16)21-13-12-19(34-21)14-20-22(28)26-25(31)27(23(20)29)17-8-10-18(32-2)11-9-17/h4-14H,3H2,1-2H3,(H,26,28,31). The molecule has 1 N–H and O–H groups in total. The number of carbonyl (C=O) groups excluding carboxylic acids is 4. The second-order valence-electron chi connectivity index (χ2n) is 7.16. The Kier molecular flexibility index (Phi) is 6.26. The summed E-state index contributed by atoms with van der Waals surface area (Å²) in [5, 5.41) is 2.17. The van der Waals surface area contributed by atoms with Gasteiger partial charge < -0.3 is 13.9 Å². The number of anilines is 1. The molecule has 0 saturated carbocycles. The number of nitrogens with one attached hydrogen (secondary N) is 1. The van der Waals surface area contributed by atoms with E-state index in [9.17, 15) is 19.2 Å². The van der Waals surface area contributed by atoms with Crippen molar-refractivity contribution >= 4 is 35.6 Å². The van der Waals surface area contributed by atoms with Crippen LogP contribution >= 0.6 is 0 Å². The van der Waals surface area contributed by atoms with E-state index in [1.54, 1.807) is 55.5 Å². The summed E-state index contributed by atoms with van der Waals surface area (Å²) in [6.07, 6.45) is 1.27. The van der Waals surface area contributed by atoms with Gasteiger partial charge in [0.2, 0.25) is 0 Å². The summed E-state index contributed by atoms with van der Waals surface area (Å²) in [5.41, 5.74) is 1.12. The molecule has 1 aromatic heterocycles. The number of barbiturate groups is 1. The highest BCUT2D eigenvalue weighted by Crippen LogP contribution is 2.27.